The fourth-order valence-electron chi connectivity index (χ4n) is 2.39. The molecule has 0 saturated carbocycles. The quantitative estimate of drug-likeness (QED) is 0.803. The highest BCUT2D eigenvalue weighted by Gasteiger charge is 2.14. The summed E-state index contributed by atoms with van der Waals surface area (Å²) >= 11 is 0. The van der Waals surface area contributed by atoms with Crippen molar-refractivity contribution >= 4 is 11.6 Å². The molecular weight excluding hydrogens is 290 g/mol. The van der Waals surface area contributed by atoms with Crippen molar-refractivity contribution in [2.24, 2.45) is 0 Å². The standard InChI is InChI=1S/C18H17N3O2/c1-13-8-9-17(23-2)15(12-13)20-18(22)14-6-3-4-7-16(14)21-11-5-10-19-21/h3-12H,1-2H3,(H,20,22). The maximum absolute atomic E-state index is 12.7. The number of para-hydroxylation sites is 1. The molecule has 0 aliphatic heterocycles. The minimum absolute atomic E-state index is 0.208. The number of methoxy groups -OCH3 is 1. The van der Waals surface area contributed by atoms with Crippen molar-refractivity contribution in [1.82, 2.24) is 9.78 Å². The second kappa shape index (κ2) is 6.36. The number of nitrogens with one attached hydrogen (secondary N) is 1. The number of rotatable bonds is 4. The highest BCUT2D eigenvalue weighted by Crippen LogP contribution is 2.26. The highest BCUT2D eigenvalue weighted by atomic mass is 16.5. The molecule has 3 aromatic rings. The first-order valence-electron chi connectivity index (χ1n) is 7.24. The number of nitrogens with zero attached hydrogens (tertiary/aromatic N) is 2. The van der Waals surface area contributed by atoms with Crippen molar-refractivity contribution in [3.8, 4) is 11.4 Å². The van der Waals surface area contributed by atoms with Crippen LogP contribution < -0.4 is 10.1 Å². The molecule has 2 aromatic carbocycles. The predicted octanol–water partition coefficient (Wildman–Crippen LogP) is 3.44. The average Bonchev–Trinajstić information content (AvgIpc) is 3.09. The van der Waals surface area contributed by atoms with Crippen LogP contribution in [0, 0.1) is 6.92 Å². The lowest BCUT2D eigenvalue weighted by Crippen LogP contribution is -2.15. The van der Waals surface area contributed by atoms with Crippen LogP contribution in [0.5, 0.6) is 5.75 Å². The van der Waals surface area contributed by atoms with Crippen molar-refractivity contribution in [3.05, 3.63) is 72.1 Å². The van der Waals surface area contributed by atoms with E-state index in [0.717, 1.165) is 11.3 Å². The van der Waals surface area contributed by atoms with Gasteiger partial charge in [-0.15, -0.1) is 0 Å². The molecule has 1 heterocycles. The maximum Gasteiger partial charge on any atom is 0.257 e. The van der Waals surface area contributed by atoms with Crippen molar-refractivity contribution in [1.29, 1.82) is 0 Å². The minimum atomic E-state index is -0.208. The largest absolute Gasteiger partial charge is 0.495 e. The molecule has 0 saturated heterocycles. The highest BCUT2D eigenvalue weighted by molar-refractivity contribution is 6.07. The Hall–Kier alpha value is -3.08. The molecule has 1 amide bonds. The van der Waals surface area contributed by atoms with Gasteiger partial charge in [-0.25, -0.2) is 4.68 Å². The number of amides is 1. The molecule has 0 aliphatic carbocycles. The van der Waals surface area contributed by atoms with Gasteiger partial charge in [0.05, 0.1) is 24.0 Å². The first kappa shape index (κ1) is 14.8. The summed E-state index contributed by atoms with van der Waals surface area (Å²) in [7, 11) is 1.58. The Labute approximate surface area is 134 Å². The van der Waals surface area contributed by atoms with Gasteiger partial charge in [-0.05, 0) is 42.8 Å². The molecule has 23 heavy (non-hydrogen) atoms. The third kappa shape index (κ3) is 3.08. The normalized spacial score (nSPS) is 10.3. The molecule has 0 bridgehead atoms. The summed E-state index contributed by atoms with van der Waals surface area (Å²) in [6.45, 7) is 1.97. The van der Waals surface area contributed by atoms with E-state index in [4.69, 9.17) is 4.74 Å². The summed E-state index contributed by atoms with van der Waals surface area (Å²) in [4.78, 5) is 12.7. The summed E-state index contributed by atoms with van der Waals surface area (Å²) < 4.78 is 6.98. The number of hydrogen-bond donors (Lipinski definition) is 1. The van der Waals surface area contributed by atoms with Gasteiger partial charge in [0.2, 0.25) is 0 Å². The molecule has 0 radical (unpaired) electrons. The smallest absolute Gasteiger partial charge is 0.257 e. The Morgan fingerprint density at radius 1 is 1.17 bits per heavy atom. The summed E-state index contributed by atoms with van der Waals surface area (Å²) in [5, 5.41) is 7.11. The molecule has 0 unspecified atom stereocenters. The zero-order chi connectivity index (χ0) is 16.2. The lowest BCUT2D eigenvalue weighted by Gasteiger charge is -2.13. The van der Waals surface area contributed by atoms with E-state index in [1.54, 1.807) is 30.3 Å². The van der Waals surface area contributed by atoms with Crippen LogP contribution in [0.3, 0.4) is 0 Å². The summed E-state index contributed by atoms with van der Waals surface area (Å²) in [6.07, 6.45) is 3.48. The third-order valence-corrected chi connectivity index (χ3v) is 3.50. The molecule has 0 aliphatic rings. The van der Waals surface area contributed by atoms with Gasteiger partial charge in [0.25, 0.3) is 5.91 Å². The van der Waals surface area contributed by atoms with Crippen LogP contribution in [-0.2, 0) is 0 Å². The molecule has 116 valence electrons. The number of aryl methyl sites for hydroxylation is 1. The summed E-state index contributed by atoms with van der Waals surface area (Å²) in [5.74, 6) is 0.417. The van der Waals surface area contributed by atoms with E-state index in [2.05, 4.69) is 10.4 Å². The van der Waals surface area contributed by atoms with Gasteiger partial charge in [0.15, 0.2) is 0 Å². The fourth-order valence-corrected chi connectivity index (χ4v) is 2.39. The molecule has 0 atom stereocenters. The van der Waals surface area contributed by atoms with Gasteiger partial charge in [0, 0.05) is 12.4 Å². The number of ether oxygens (including phenoxy) is 1. The van der Waals surface area contributed by atoms with E-state index in [-0.39, 0.29) is 5.91 Å². The van der Waals surface area contributed by atoms with E-state index in [9.17, 15) is 4.79 Å². The van der Waals surface area contributed by atoms with E-state index >= 15 is 0 Å². The topological polar surface area (TPSA) is 56.1 Å². The van der Waals surface area contributed by atoms with E-state index in [1.807, 2.05) is 49.4 Å². The van der Waals surface area contributed by atoms with Crippen molar-refractivity contribution in [3.63, 3.8) is 0 Å². The van der Waals surface area contributed by atoms with Crippen molar-refractivity contribution < 1.29 is 9.53 Å². The Morgan fingerprint density at radius 2 is 2.00 bits per heavy atom. The fraction of sp³-hybridized carbons (Fsp3) is 0.111. The second-order valence-corrected chi connectivity index (χ2v) is 5.13. The van der Waals surface area contributed by atoms with Crippen LogP contribution in [0.25, 0.3) is 5.69 Å². The Bertz CT molecular complexity index is 826. The van der Waals surface area contributed by atoms with E-state index < -0.39 is 0 Å². The molecule has 5 heteroatoms. The lowest BCUT2D eigenvalue weighted by atomic mass is 10.1. The third-order valence-electron chi connectivity index (χ3n) is 3.50. The Kier molecular flexibility index (Phi) is 4.10. The van der Waals surface area contributed by atoms with Gasteiger partial charge in [0.1, 0.15) is 5.75 Å². The Morgan fingerprint density at radius 3 is 2.74 bits per heavy atom. The molecular formula is C18H17N3O2. The lowest BCUT2D eigenvalue weighted by molar-refractivity contribution is 0.102. The molecule has 1 N–H and O–H groups in total. The summed E-state index contributed by atoms with van der Waals surface area (Å²) in [6, 6.07) is 14.8. The predicted molar refractivity (Wildman–Crippen MR) is 89.2 cm³/mol. The van der Waals surface area contributed by atoms with Gasteiger partial charge >= 0.3 is 0 Å². The number of aromatic nitrogens is 2. The molecule has 1 aromatic heterocycles. The average molecular weight is 307 g/mol. The first-order valence-corrected chi connectivity index (χ1v) is 7.24. The van der Waals surface area contributed by atoms with Crippen molar-refractivity contribution in [2.45, 2.75) is 6.92 Å². The first-order chi connectivity index (χ1) is 11.2. The van der Waals surface area contributed by atoms with Gasteiger partial charge < -0.3 is 10.1 Å². The number of benzene rings is 2. The van der Waals surface area contributed by atoms with Crippen LogP contribution in [0.4, 0.5) is 5.69 Å². The monoisotopic (exact) mass is 307 g/mol. The van der Waals surface area contributed by atoms with Crippen molar-refractivity contribution in [2.75, 3.05) is 12.4 Å². The Balaban J connectivity index is 1.95. The van der Waals surface area contributed by atoms with E-state index in [1.165, 1.54) is 0 Å². The molecule has 0 fully saturated rings. The number of carbonyl (C=O) groups excluding carboxylic acids is 1. The van der Waals surface area contributed by atoms with Crippen LogP contribution in [-0.4, -0.2) is 22.8 Å². The van der Waals surface area contributed by atoms with Gasteiger partial charge in [-0.3, -0.25) is 4.79 Å². The second-order valence-electron chi connectivity index (χ2n) is 5.13. The van der Waals surface area contributed by atoms with Crippen LogP contribution >= 0.6 is 0 Å². The zero-order valence-electron chi connectivity index (χ0n) is 13.0. The van der Waals surface area contributed by atoms with Gasteiger partial charge in [-0.1, -0.05) is 18.2 Å². The number of hydrogen-bond acceptors (Lipinski definition) is 3. The van der Waals surface area contributed by atoms with Gasteiger partial charge in [-0.2, -0.15) is 5.10 Å². The molecule has 5 nitrogen and oxygen atoms in total. The summed E-state index contributed by atoms with van der Waals surface area (Å²) in [5.41, 5.74) is 2.95. The van der Waals surface area contributed by atoms with Crippen LogP contribution in [0.1, 0.15) is 15.9 Å². The minimum Gasteiger partial charge on any atom is -0.495 e. The number of anilines is 1. The molecule has 3 rings (SSSR count). The maximum atomic E-state index is 12.7. The number of carbonyl (C=O) groups is 1. The molecule has 0 spiro atoms. The SMILES string of the molecule is COc1ccc(C)cc1NC(=O)c1ccccc1-n1cccn1. The van der Waals surface area contributed by atoms with E-state index in [0.29, 0.717) is 17.0 Å². The zero-order valence-corrected chi connectivity index (χ0v) is 13.0. The van der Waals surface area contributed by atoms with Crippen LogP contribution in [0.2, 0.25) is 0 Å². The van der Waals surface area contributed by atoms with Crippen LogP contribution in [0.15, 0.2) is 60.9 Å².